The summed E-state index contributed by atoms with van der Waals surface area (Å²) in [4.78, 5) is 38.0. The summed E-state index contributed by atoms with van der Waals surface area (Å²) >= 11 is 11.2. The number of H-pyrrole nitrogens is 1. The molecule has 1 unspecified atom stereocenters. The van der Waals surface area contributed by atoms with E-state index in [2.05, 4.69) is 5.09 Å². The Morgan fingerprint density at radius 3 is 2.54 bits per heavy atom. The van der Waals surface area contributed by atoms with Crippen molar-refractivity contribution in [3.63, 3.8) is 0 Å². The minimum absolute atomic E-state index is 0.153. The Labute approximate surface area is 230 Å². The molecule has 1 fully saturated rings. The summed E-state index contributed by atoms with van der Waals surface area (Å²) in [7, 11) is 0. The first kappa shape index (κ1) is 31.3. The lowest BCUT2D eigenvalue weighted by atomic mass is 9.98. The number of para-hydroxylation sites is 1. The number of halogens is 4. The van der Waals surface area contributed by atoms with Gasteiger partial charge < -0.3 is 23.6 Å². The van der Waals surface area contributed by atoms with Gasteiger partial charge in [-0.05, 0) is 44.7 Å². The third kappa shape index (κ3) is 7.09. The molecule has 216 valence electrons. The van der Waals surface area contributed by atoms with Crippen LogP contribution in [0.1, 0.15) is 27.0 Å². The molecule has 1 aromatic heterocycles. The fraction of sp³-hybridized carbons (Fsp3) is 0.500. The lowest BCUT2D eigenvalue weighted by Crippen LogP contribution is -2.51. The quantitative estimate of drug-likeness (QED) is 0.255. The molecular weight excluding hydrogens is 590 g/mol. The van der Waals surface area contributed by atoms with Crippen LogP contribution in [0.3, 0.4) is 0 Å². The summed E-state index contributed by atoms with van der Waals surface area (Å²) in [6.45, 7) is -0.566. The van der Waals surface area contributed by atoms with Gasteiger partial charge in [0.2, 0.25) is 0 Å². The maximum Gasteiger partial charge on any atom is 0.330 e. The van der Waals surface area contributed by atoms with Crippen molar-refractivity contribution in [2.45, 2.75) is 63.4 Å². The van der Waals surface area contributed by atoms with Crippen LogP contribution < -0.4 is 20.9 Å². The number of nitrogens with one attached hydrogen (secondary N) is 2. The number of carbonyl (C=O) groups is 1. The van der Waals surface area contributed by atoms with Crippen molar-refractivity contribution in [1.29, 1.82) is 0 Å². The maximum atomic E-state index is 15.4. The Morgan fingerprint density at radius 1 is 1.31 bits per heavy atom. The molecule has 0 radical (unpaired) electrons. The monoisotopic (exact) mass is 615 g/mol. The number of alkyl halides is 3. The summed E-state index contributed by atoms with van der Waals surface area (Å²) in [5, 5.41) is 12.5. The first-order valence-electron chi connectivity index (χ1n) is 11.5. The maximum absolute atomic E-state index is 15.4. The van der Waals surface area contributed by atoms with Gasteiger partial charge in [0.05, 0.1) is 12.7 Å². The second-order valence-electron chi connectivity index (χ2n) is 8.81. The Bertz CT molecular complexity index is 1330. The van der Waals surface area contributed by atoms with E-state index in [1.807, 2.05) is 4.98 Å². The van der Waals surface area contributed by atoms with Crippen LogP contribution in [-0.2, 0) is 30.6 Å². The second kappa shape index (κ2) is 12.5. The second-order valence-corrected chi connectivity index (χ2v) is 12.4. The largest absolute Gasteiger partial charge is 0.462 e. The first-order chi connectivity index (χ1) is 18.2. The molecule has 1 saturated heterocycles. The molecule has 0 aliphatic carbocycles. The molecular formula is C22H26ClF3N3O8PS. The van der Waals surface area contributed by atoms with Gasteiger partial charge in [-0.2, -0.15) is 0 Å². The van der Waals surface area contributed by atoms with Gasteiger partial charge in [0.25, 0.3) is 12.0 Å². The van der Waals surface area contributed by atoms with Crippen LogP contribution >= 0.6 is 18.2 Å². The van der Waals surface area contributed by atoms with Gasteiger partial charge in [-0.1, -0.05) is 29.8 Å². The van der Waals surface area contributed by atoms with E-state index in [0.29, 0.717) is 4.57 Å². The molecule has 11 nitrogen and oxygen atoms in total. The Morgan fingerprint density at radius 2 is 1.95 bits per heavy atom. The normalized spacial score (nSPS) is 25.4. The number of aromatic nitrogens is 2. The van der Waals surface area contributed by atoms with E-state index in [4.69, 9.17) is 41.9 Å². The minimum atomic E-state index is -3.91. The zero-order chi connectivity index (χ0) is 29.1. The zero-order valence-electron chi connectivity index (χ0n) is 20.8. The van der Waals surface area contributed by atoms with Gasteiger partial charge in [-0.15, -0.1) is 0 Å². The Hall–Kier alpha value is -2.26. The van der Waals surface area contributed by atoms with E-state index < -0.39 is 78.2 Å². The van der Waals surface area contributed by atoms with Crippen molar-refractivity contribution in [2.24, 2.45) is 0 Å². The van der Waals surface area contributed by atoms with Gasteiger partial charge in [0, 0.05) is 6.20 Å². The molecule has 1 aliphatic heterocycles. The third-order valence-corrected chi connectivity index (χ3v) is 8.20. The molecule has 1 aromatic carbocycles. The molecule has 3 N–H and O–H groups in total. The van der Waals surface area contributed by atoms with Crippen molar-refractivity contribution in [3.8, 4) is 5.75 Å². The highest BCUT2D eigenvalue weighted by molar-refractivity contribution is 8.09. The highest BCUT2D eigenvalue weighted by Gasteiger charge is 2.62. The van der Waals surface area contributed by atoms with Gasteiger partial charge in [0.1, 0.15) is 22.9 Å². The molecule has 0 saturated carbocycles. The molecule has 3 rings (SSSR count). The number of hydrogen-bond donors (Lipinski definition) is 3. The Kier molecular flexibility index (Phi) is 10.0. The van der Waals surface area contributed by atoms with Crippen LogP contribution in [0.5, 0.6) is 5.75 Å². The molecule has 0 amide bonds. The predicted octanol–water partition coefficient (Wildman–Crippen LogP) is 2.67. The van der Waals surface area contributed by atoms with E-state index in [1.165, 1.54) is 19.1 Å². The number of benzene rings is 1. The molecule has 2 heterocycles. The number of rotatable bonds is 11. The summed E-state index contributed by atoms with van der Waals surface area (Å²) in [5.41, 5.74) is -5.32. The smallest absolute Gasteiger partial charge is 0.330 e. The van der Waals surface area contributed by atoms with Gasteiger partial charge in [-0.3, -0.25) is 19.1 Å². The summed E-state index contributed by atoms with van der Waals surface area (Å²) in [6.07, 6.45) is -10.5. The van der Waals surface area contributed by atoms with Crippen LogP contribution in [-0.4, -0.2) is 63.7 Å². The van der Waals surface area contributed by atoms with Crippen molar-refractivity contribution < 1.29 is 41.6 Å². The van der Waals surface area contributed by atoms with Crippen molar-refractivity contribution in [1.82, 2.24) is 14.6 Å². The van der Waals surface area contributed by atoms with E-state index in [1.54, 1.807) is 32.0 Å². The van der Waals surface area contributed by atoms with E-state index in [-0.39, 0.29) is 5.75 Å². The zero-order valence-corrected chi connectivity index (χ0v) is 23.2. The van der Waals surface area contributed by atoms with Crippen LogP contribution in [0.25, 0.3) is 0 Å². The Balaban J connectivity index is 1.92. The number of carbonyl (C=O) groups excluding carboxylic acids is 1. The average Bonchev–Trinajstić information content (AvgIpc) is 3.11. The van der Waals surface area contributed by atoms with Gasteiger partial charge >= 0.3 is 18.3 Å². The third-order valence-electron chi connectivity index (χ3n) is 5.45. The highest BCUT2D eigenvalue weighted by atomic mass is 35.5. The fourth-order valence-electron chi connectivity index (χ4n) is 3.53. The number of ether oxygens (including phenoxy) is 2. The highest BCUT2D eigenvalue weighted by Crippen LogP contribution is 2.50. The number of nitrogens with zero attached hydrogens (tertiary/aromatic N) is 1. The predicted molar refractivity (Wildman–Crippen MR) is 137 cm³/mol. The number of aliphatic hydroxyl groups excluding tert-OH is 1. The molecule has 17 heteroatoms. The van der Waals surface area contributed by atoms with Crippen molar-refractivity contribution >= 4 is 36.0 Å². The molecule has 0 bridgehead atoms. The molecule has 2 aromatic rings. The topological polar surface area (TPSA) is 141 Å². The van der Waals surface area contributed by atoms with E-state index in [9.17, 15) is 28.3 Å². The van der Waals surface area contributed by atoms with Crippen LogP contribution in [0.2, 0.25) is 5.02 Å². The summed E-state index contributed by atoms with van der Waals surface area (Å²) in [6, 6.07) is 6.71. The van der Waals surface area contributed by atoms with E-state index >= 15 is 4.39 Å². The van der Waals surface area contributed by atoms with Crippen molar-refractivity contribution in [3.05, 3.63) is 62.4 Å². The van der Waals surface area contributed by atoms with Crippen LogP contribution in [0.4, 0.5) is 13.2 Å². The van der Waals surface area contributed by atoms with Crippen LogP contribution in [0, 0.1) is 0 Å². The number of aliphatic hydroxyl groups is 1. The van der Waals surface area contributed by atoms with Crippen molar-refractivity contribution in [2.75, 3.05) is 6.61 Å². The van der Waals surface area contributed by atoms with Crippen LogP contribution in [0.15, 0.2) is 46.1 Å². The lowest BCUT2D eigenvalue weighted by Gasteiger charge is -2.33. The minimum Gasteiger partial charge on any atom is -0.462 e. The average molecular weight is 616 g/mol. The lowest BCUT2D eigenvalue weighted by molar-refractivity contribution is -0.182. The van der Waals surface area contributed by atoms with E-state index in [0.717, 1.165) is 6.20 Å². The number of esters is 1. The number of hydrogen-bond acceptors (Lipinski definition) is 9. The fourth-order valence-corrected chi connectivity index (χ4v) is 6.11. The summed E-state index contributed by atoms with van der Waals surface area (Å²) in [5.74, 6) is -0.589. The molecule has 39 heavy (non-hydrogen) atoms. The first-order valence-corrected chi connectivity index (χ1v) is 14.5. The standard InChI is InChI=1S/C22H26ClF3N3O8PS/c1-11(2)35-19(32)12(3)28-38(39,37-13-7-5-4-6-8-13)34-10-22(20(25)26)16(24)15(30)18(36-22)29-9-14(23)17(31)27-21(29)33/h4-9,11-12,15-16,18,20,30H,10H2,1-3H3,(H,28,39)(H,27,31,33)/t12-,15+,16+,18+,22+,38?/m0/s1. The molecule has 1 aliphatic rings. The molecule has 0 spiro atoms. The molecule has 6 atom stereocenters. The van der Waals surface area contributed by atoms with Gasteiger partial charge in [0.15, 0.2) is 18.0 Å². The number of aromatic amines is 1. The van der Waals surface area contributed by atoms with Gasteiger partial charge in [-0.25, -0.2) is 23.1 Å². The summed E-state index contributed by atoms with van der Waals surface area (Å²) < 4.78 is 66.3. The SMILES string of the molecule is CC(C)OC(=O)[C@H](C)NP(=S)(OC[C@@]1(C(F)F)O[C@@H](n2cc(Cl)c(=O)[nH]c2=O)[C@H](O)[C@H]1F)Oc1ccccc1.